The molecule has 0 amide bonds. The second kappa shape index (κ2) is 7.76. The number of rotatable bonds is 3. The lowest BCUT2D eigenvalue weighted by Gasteiger charge is -2.34. The molecule has 0 saturated heterocycles. The quantitative estimate of drug-likeness (QED) is 0.327. The van der Waals surface area contributed by atoms with Crippen molar-refractivity contribution in [3.63, 3.8) is 0 Å². The highest BCUT2D eigenvalue weighted by atomic mass is 16.3. The van der Waals surface area contributed by atoms with Crippen LogP contribution in [0.25, 0.3) is 33.0 Å². The third-order valence-electron chi connectivity index (χ3n) is 7.60. The van der Waals surface area contributed by atoms with E-state index >= 15 is 0 Å². The van der Waals surface area contributed by atoms with Crippen LogP contribution in [0.1, 0.15) is 87.7 Å². The van der Waals surface area contributed by atoms with Crippen LogP contribution >= 0.6 is 0 Å². The fourth-order valence-corrected chi connectivity index (χ4v) is 5.61. The number of fused-ring (bicyclic) bond motifs is 2. The van der Waals surface area contributed by atoms with Gasteiger partial charge in [-0.1, -0.05) is 45.9 Å². The van der Waals surface area contributed by atoms with Crippen molar-refractivity contribution in [2.75, 3.05) is 0 Å². The highest BCUT2D eigenvalue weighted by Crippen LogP contribution is 2.44. The number of nitrogens with zero attached hydrogens (tertiary/aromatic N) is 1. The number of aryl methyl sites for hydroxylation is 2. The molecule has 32 heavy (non-hydrogen) atoms. The van der Waals surface area contributed by atoms with Crippen molar-refractivity contribution in [3.05, 3.63) is 65.0 Å². The lowest BCUT2D eigenvalue weighted by atomic mass is 9.71. The molecule has 0 aliphatic heterocycles. The zero-order valence-corrected chi connectivity index (χ0v) is 20.4. The monoisotopic (exact) mass is 425 g/mol. The summed E-state index contributed by atoms with van der Waals surface area (Å²) in [5.74, 6) is 2.12. The number of furan rings is 1. The van der Waals surface area contributed by atoms with E-state index in [1.807, 2.05) is 6.20 Å². The van der Waals surface area contributed by atoms with Crippen molar-refractivity contribution in [3.8, 4) is 11.3 Å². The first-order valence-corrected chi connectivity index (χ1v) is 12.2. The van der Waals surface area contributed by atoms with Gasteiger partial charge in [0.15, 0.2) is 0 Å². The second-order valence-corrected chi connectivity index (χ2v) is 11.0. The average molecular weight is 426 g/mol. The fourth-order valence-electron chi connectivity index (χ4n) is 5.61. The van der Waals surface area contributed by atoms with Gasteiger partial charge in [-0.3, -0.25) is 4.98 Å². The summed E-state index contributed by atoms with van der Waals surface area (Å²) in [4.78, 5) is 4.85. The van der Waals surface area contributed by atoms with Crippen molar-refractivity contribution in [2.45, 2.75) is 79.1 Å². The number of hydrogen-bond acceptors (Lipinski definition) is 2. The largest absolute Gasteiger partial charge is 0.460 e. The molecule has 0 bridgehead atoms. The predicted molar refractivity (Wildman–Crippen MR) is 136 cm³/mol. The molecule has 2 heterocycles. The molecule has 1 aliphatic carbocycles. The van der Waals surface area contributed by atoms with Gasteiger partial charge >= 0.3 is 0 Å². The molecule has 1 saturated carbocycles. The summed E-state index contributed by atoms with van der Waals surface area (Å²) in [7, 11) is 0. The third kappa shape index (κ3) is 3.64. The molecule has 0 atom stereocenters. The standard InChI is InChI=1S/C30H35NO/c1-18(2)28-20(4)25-15-19(3)16-26(29(25)32-28)27-24-8-7-22(17-23(24)11-14-31-27)21-9-12-30(5,6)13-10-21/h7-8,11,14-18,21H,9-10,12-13H2,1-6H3. The maximum atomic E-state index is 6.45. The zero-order valence-electron chi connectivity index (χ0n) is 20.4. The Morgan fingerprint density at radius 3 is 2.44 bits per heavy atom. The number of benzene rings is 2. The molecule has 0 unspecified atom stereocenters. The van der Waals surface area contributed by atoms with E-state index in [2.05, 4.69) is 77.9 Å². The van der Waals surface area contributed by atoms with Gasteiger partial charge in [-0.25, -0.2) is 0 Å². The first-order chi connectivity index (χ1) is 15.2. The lowest BCUT2D eigenvalue weighted by molar-refractivity contribution is 0.224. The van der Waals surface area contributed by atoms with E-state index in [9.17, 15) is 0 Å². The van der Waals surface area contributed by atoms with Crippen molar-refractivity contribution >= 4 is 21.7 Å². The molecular weight excluding hydrogens is 390 g/mol. The minimum Gasteiger partial charge on any atom is -0.460 e. The molecule has 5 rings (SSSR count). The first kappa shape index (κ1) is 21.2. The fraction of sp³-hybridized carbons (Fsp3) is 0.433. The molecular formula is C30H35NO. The second-order valence-electron chi connectivity index (χ2n) is 11.0. The van der Waals surface area contributed by atoms with Gasteiger partial charge < -0.3 is 4.42 Å². The summed E-state index contributed by atoms with van der Waals surface area (Å²) in [5.41, 5.74) is 7.57. The van der Waals surface area contributed by atoms with Gasteiger partial charge in [0, 0.05) is 28.5 Å². The van der Waals surface area contributed by atoms with Gasteiger partial charge in [0.2, 0.25) is 0 Å². The average Bonchev–Trinajstić information content (AvgIpc) is 3.09. The Labute approximate surface area is 192 Å². The SMILES string of the molecule is Cc1cc(-c2nccc3cc(C4CCC(C)(C)CC4)ccc23)c2oc(C(C)C)c(C)c2c1. The van der Waals surface area contributed by atoms with Crippen LogP contribution in [0.4, 0.5) is 0 Å². The maximum Gasteiger partial charge on any atom is 0.143 e. The number of pyridine rings is 1. The van der Waals surface area contributed by atoms with Crippen LogP contribution in [-0.2, 0) is 0 Å². The third-order valence-corrected chi connectivity index (χ3v) is 7.60. The summed E-state index contributed by atoms with van der Waals surface area (Å²) in [6, 6.07) is 13.7. The molecule has 166 valence electrons. The topological polar surface area (TPSA) is 26.0 Å². The minimum absolute atomic E-state index is 0.360. The molecule has 0 radical (unpaired) electrons. The Bertz CT molecular complexity index is 1300. The van der Waals surface area contributed by atoms with Gasteiger partial charge in [0.25, 0.3) is 0 Å². The van der Waals surface area contributed by atoms with Crippen molar-refractivity contribution in [1.82, 2.24) is 4.98 Å². The highest BCUT2D eigenvalue weighted by Gasteiger charge is 2.28. The van der Waals surface area contributed by atoms with E-state index in [1.54, 1.807) is 0 Å². The molecule has 2 nitrogen and oxygen atoms in total. The Kier molecular flexibility index (Phi) is 5.15. The van der Waals surface area contributed by atoms with Crippen molar-refractivity contribution in [2.24, 2.45) is 5.41 Å². The van der Waals surface area contributed by atoms with Crippen LogP contribution in [0.15, 0.2) is 47.0 Å². The molecule has 0 N–H and O–H groups in total. The Hall–Kier alpha value is -2.61. The van der Waals surface area contributed by atoms with E-state index in [0.717, 1.165) is 22.6 Å². The van der Waals surface area contributed by atoms with Crippen LogP contribution in [0.3, 0.4) is 0 Å². The number of aromatic nitrogens is 1. The Morgan fingerprint density at radius 1 is 0.969 bits per heavy atom. The summed E-state index contributed by atoms with van der Waals surface area (Å²) in [6.07, 6.45) is 7.17. The predicted octanol–water partition coefficient (Wildman–Crippen LogP) is 9.07. The van der Waals surface area contributed by atoms with Crippen molar-refractivity contribution in [1.29, 1.82) is 0 Å². The van der Waals surface area contributed by atoms with Gasteiger partial charge in [0.1, 0.15) is 11.3 Å². The van der Waals surface area contributed by atoms with Gasteiger partial charge in [-0.15, -0.1) is 0 Å². The molecule has 4 aromatic rings. The van der Waals surface area contributed by atoms with Crippen LogP contribution < -0.4 is 0 Å². The lowest BCUT2D eigenvalue weighted by Crippen LogP contribution is -2.20. The molecule has 2 aromatic carbocycles. The molecule has 0 spiro atoms. The summed E-state index contributed by atoms with van der Waals surface area (Å²) in [6.45, 7) is 13.6. The van der Waals surface area contributed by atoms with E-state index in [1.165, 1.54) is 58.5 Å². The van der Waals surface area contributed by atoms with Crippen LogP contribution in [0, 0.1) is 19.3 Å². The van der Waals surface area contributed by atoms with Gasteiger partial charge in [-0.2, -0.15) is 0 Å². The zero-order chi connectivity index (χ0) is 22.6. The first-order valence-electron chi connectivity index (χ1n) is 12.2. The van der Waals surface area contributed by atoms with Crippen LogP contribution in [-0.4, -0.2) is 4.98 Å². The normalized spacial score (nSPS) is 17.0. The van der Waals surface area contributed by atoms with E-state index in [-0.39, 0.29) is 0 Å². The van der Waals surface area contributed by atoms with E-state index < -0.39 is 0 Å². The summed E-state index contributed by atoms with van der Waals surface area (Å²) < 4.78 is 6.45. The van der Waals surface area contributed by atoms with Crippen LogP contribution in [0.5, 0.6) is 0 Å². The maximum absolute atomic E-state index is 6.45. The summed E-state index contributed by atoms with van der Waals surface area (Å²) >= 11 is 0. The van der Waals surface area contributed by atoms with E-state index in [0.29, 0.717) is 17.3 Å². The number of hydrogen-bond donors (Lipinski definition) is 0. The molecule has 2 heteroatoms. The highest BCUT2D eigenvalue weighted by molar-refractivity contribution is 6.03. The molecule has 1 fully saturated rings. The Morgan fingerprint density at radius 2 is 1.72 bits per heavy atom. The minimum atomic E-state index is 0.360. The molecule has 2 aromatic heterocycles. The van der Waals surface area contributed by atoms with Crippen molar-refractivity contribution < 1.29 is 4.42 Å². The van der Waals surface area contributed by atoms with Gasteiger partial charge in [0.05, 0.1) is 5.69 Å². The Balaban J connectivity index is 1.63. The van der Waals surface area contributed by atoms with Crippen LogP contribution in [0.2, 0.25) is 0 Å². The smallest absolute Gasteiger partial charge is 0.143 e. The summed E-state index contributed by atoms with van der Waals surface area (Å²) in [5, 5.41) is 3.70. The molecule has 1 aliphatic rings. The van der Waals surface area contributed by atoms with Gasteiger partial charge in [-0.05, 0) is 91.1 Å². The van der Waals surface area contributed by atoms with E-state index in [4.69, 9.17) is 9.40 Å².